The van der Waals surface area contributed by atoms with Gasteiger partial charge in [-0.25, -0.2) is 0 Å². The van der Waals surface area contributed by atoms with Gasteiger partial charge < -0.3 is 14.2 Å². The van der Waals surface area contributed by atoms with Crippen LogP contribution < -0.4 is 0 Å². The Bertz CT molecular complexity index is 719. The normalized spacial score (nSPS) is 14.5. The van der Waals surface area contributed by atoms with Gasteiger partial charge in [0, 0.05) is 25.5 Å². The Balaban J connectivity index is 1.74. The molecule has 2 heterocycles. The first kappa shape index (κ1) is 15.1. The molecule has 6 heteroatoms. The zero-order valence-corrected chi connectivity index (χ0v) is 13.9. The first-order chi connectivity index (χ1) is 10.6. The number of carbonyl (C=O) groups is 2. The fraction of sp³-hybridized carbons (Fsp3) is 0.375. The van der Waals surface area contributed by atoms with E-state index >= 15 is 0 Å². The van der Waals surface area contributed by atoms with Crippen molar-refractivity contribution in [3.63, 3.8) is 0 Å². The summed E-state index contributed by atoms with van der Waals surface area (Å²) in [6, 6.07) is 7.34. The molecule has 2 amide bonds. The van der Waals surface area contributed by atoms with E-state index in [9.17, 15) is 9.59 Å². The number of likely N-dealkylation sites (N-methyl/N-ethyl adjacent to an activating group) is 1. The zero-order valence-electron chi connectivity index (χ0n) is 12.3. The average molecular weight is 365 g/mol. The molecule has 0 unspecified atom stereocenters. The molecule has 1 saturated heterocycles. The van der Waals surface area contributed by atoms with Gasteiger partial charge in [0.25, 0.3) is 5.91 Å². The Morgan fingerprint density at radius 3 is 2.73 bits per heavy atom. The van der Waals surface area contributed by atoms with E-state index in [0.29, 0.717) is 5.58 Å². The summed E-state index contributed by atoms with van der Waals surface area (Å²) in [5.41, 5.74) is 0.644. The van der Waals surface area contributed by atoms with Crippen LogP contribution >= 0.6 is 15.9 Å². The number of para-hydroxylation sites is 1. The lowest BCUT2D eigenvalue weighted by Crippen LogP contribution is -2.39. The number of nitrogens with zero attached hydrogens (tertiary/aromatic N) is 2. The van der Waals surface area contributed by atoms with E-state index in [-0.39, 0.29) is 24.1 Å². The topological polar surface area (TPSA) is 53.8 Å². The van der Waals surface area contributed by atoms with Crippen molar-refractivity contribution in [2.75, 3.05) is 26.7 Å². The van der Waals surface area contributed by atoms with Crippen LogP contribution in [0.4, 0.5) is 0 Å². The Kier molecular flexibility index (Phi) is 4.20. The molecular weight excluding hydrogens is 348 g/mol. The van der Waals surface area contributed by atoms with E-state index < -0.39 is 0 Å². The number of furan rings is 1. The maximum atomic E-state index is 12.4. The summed E-state index contributed by atoms with van der Waals surface area (Å²) in [6.07, 6.45) is 2.09. The fourth-order valence-electron chi connectivity index (χ4n) is 2.66. The number of rotatable bonds is 3. The maximum Gasteiger partial charge on any atom is 0.289 e. The molecular formula is C16H17BrN2O3. The van der Waals surface area contributed by atoms with Gasteiger partial charge in [-0.05, 0) is 40.9 Å². The minimum atomic E-state index is -0.282. The molecule has 0 atom stereocenters. The first-order valence-electron chi connectivity index (χ1n) is 7.27. The third kappa shape index (κ3) is 2.88. The molecule has 5 nitrogen and oxygen atoms in total. The highest BCUT2D eigenvalue weighted by Crippen LogP contribution is 2.27. The lowest BCUT2D eigenvalue weighted by atomic mass is 10.2. The van der Waals surface area contributed by atoms with Crippen LogP contribution in [-0.2, 0) is 4.79 Å². The Labute approximate surface area is 137 Å². The van der Waals surface area contributed by atoms with Crippen LogP contribution in [0.25, 0.3) is 11.0 Å². The van der Waals surface area contributed by atoms with Crippen molar-refractivity contribution >= 4 is 38.7 Å². The summed E-state index contributed by atoms with van der Waals surface area (Å²) >= 11 is 3.40. The summed E-state index contributed by atoms with van der Waals surface area (Å²) in [7, 11) is 1.62. The number of hydrogen-bond acceptors (Lipinski definition) is 3. The predicted octanol–water partition coefficient (Wildman–Crippen LogP) is 2.89. The van der Waals surface area contributed by atoms with E-state index in [4.69, 9.17) is 4.42 Å². The molecule has 0 spiro atoms. The molecule has 0 saturated carbocycles. The van der Waals surface area contributed by atoms with Gasteiger partial charge in [-0.3, -0.25) is 9.59 Å². The third-order valence-electron chi connectivity index (χ3n) is 3.88. The number of halogens is 1. The Morgan fingerprint density at radius 2 is 2.05 bits per heavy atom. The molecule has 1 aromatic heterocycles. The number of fused-ring (bicyclic) bond motifs is 1. The molecule has 0 N–H and O–H groups in total. The highest BCUT2D eigenvalue weighted by atomic mass is 79.9. The zero-order chi connectivity index (χ0) is 15.7. The minimum absolute atomic E-state index is 0.00867. The molecule has 1 aliphatic rings. The second kappa shape index (κ2) is 6.12. The number of amides is 2. The van der Waals surface area contributed by atoms with E-state index in [1.807, 2.05) is 18.2 Å². The monoisotopic (exact) mass is 364 g/mol. The van der Waals surface area contributed by atoms with Crippen LogP contribution in [0.2, 0.25) is 0 Å². The number of benzene rings is 1. The average Bonchev–Trinajstić information content (AvgIpc) is 3.16. The maximum absolute atomic E-state index is 12.4. The van der Waals surface area contributed by atoms with Crippen molar-refractivity contribution in [1.29, 1.82) is 0 Å². The van der Waals surface area contributed by atoms with Crippen molar-refractivity contribution in [1.82, 2.24) is 9.80 Å². The van der Waals surface area contributed by atoms with Crippen molar-refractivity contribution < 1.29 is 14.0 Å². The quantitative estimate of drug-likeness (QED) is 0.841. The second-order valence-electron chi connectivity index (χ2n) is 5.52. The summed E-state index contributed by atoms with van der Waals surface area (Å²) in [5, 5.41) is 0.858. The Morgan fingerprint density at radius 1 is 1.32 bits per heavy atom. The van der Waals surface area contributed by atoms with Crippen LogP contribution in [0.3, 0.4) is 0 Å². The lowest BCUT2D eigenvalue weighted by Gasteiger charge is -2.20. The standard InChI is InChI=1S/C16H17BrN2O3/c1-18(10-14(20)19-7-2-3-8-19)16(21)13-9-11-5-4-6-12(17)15(11)22-13/h4-6,9H,2-3,7-8,10H2,1H3. The molecule has 1 fully saturated rings. The van der Waals surface area contributed by atoms with Crippen LogP contribution in [0.1, 0.15) is 23.4 Å². The van der Waals surface area contributed by atoms with Gasteiger partial charge in [-0.1, -0.05) is 12.1 Å². The van der Waals surface area contributed by atoms with Gasteiger partial charge in [0.2, 0.25) is 5.91 Å². The van der Waals surface area contributed by atoms with Gasteiger partial charge in [-0.2, -0.15) is 0 Å². The van der Waals surface area contributed by atoms with E-state index in [1.54, 1.807) is 18.0 Å². The van der Waals surface area contributed by atoms with Crippen molar-refractivity contribution in [3.05, 3.63) is 34.5 Å². The summed E-state index contributed by atoms with van der Waals surface area (Å²) in [6.45, 7) is 1.66. The van der Waals surface area contributed by atoms with Gasteiger partial charge >= 0.3 is 0 Å². The third-order valence-corrected chi connectivity index (χ3v) is 4.51. The van der Waals surface area contributed by atoms with Crippen LogP contribution in [0, 0.1) is 0 Å². The molecule has 1 aliphatic heterocycles. The number of hydrogen-bond donors (Lipinski definition) is 0. The fourth-order valence-corrected chi connectivity index (χ4v) is 3.12. The predicted molar refractivity (Wildman–Crippen MR) is 86.7 cm³/mol. The highest BCUT2D eigenvalue weighted by molar-refractivity contribution is 9.10. The first-order valence-corrected chi connectivity index (χ1v) is 8.07. The lowest BCUT2D eigenvalue weighted by molar-refractivity contribution is -0.130. The molecule has 3 rings (SSSR count). The summed E-state index contributed by atoms with van der Waals surface area (Å²) in [4.78, 5) is 27.7. The smallest absolute Gasteiger partial charge is 0.289 e. The van der Waals surface area contributed by atoms with Gasteiger partial charge in [0.1, 0.15) is 5.58 Å². The number of likely N-dealkylation sites (tertiary alicyclic amines) is 1. The minimum Gasteiger partial charge on any atom is -0.450 e. The number of carbonyl (C=O) groups excluding carboxylic acids is 2. The van der Waals surface area contributed by atoms with E-state index in [2.05, 4.69) is 15.9 Å². The molecule has 116 valence electrons. The van der Waals surface area contributed by atoms with E-state index in [0.717, 1.165) is 35.8 Å². The van der Waals surface area contributed by atoms with Crippen LogP contribution in [0.15, 0.2) is 33.2 Å². The van der Waals surface area contributed by atoms with Gasteiger partial charge in [-0.15, -0.1) is 0 Å². The molecule has 0 radical (unpaired) electrons. The van der Waals surface area contributed by atoms with Crippen molar-refractivity contribution in [3.8, 4) is 0 Å². The molecule has 1 aromatic carbocycles. The SMILES string of the molecule is CN(CC(=O)N1CCCC1)C(=O)c1cc2cccc(Br)c2o1. The van der Waals surface area contributed by atoms with Crippen LogP contribution in [-0.4, -0.2) is 48.3 Å². The van der Waals surface area contributed by atoms with Crippen molar-refractivity contribution in [2.45, 2.75) is 12.8 Å². The van der Waals surface area contributed by atoms with Crippen molar-refractivity contribution in [2.24, 2.45) is 0 Å². The largest absolute Gasteiger partial charge is 0.450 e. The van der Waals surface area contributed by atoms with E-state index in [1.165, 1.54) is 4.90 Å². The summed E-state index contributed by atoms with van der Waals surface area (Å²) < 4.78 is 6.43. The molecule has 0 bridgehead atoms. The van der Waals surface area contributed by atoms with Crippen LogP contribution in [0.5, 0.6) is 0 Å². The Hall–Kier alpha value is -1.82. The molecule has 2 aromatic rings. The molecule has 0 aliphatic carbocycles. The highest BCUT2D eigenvalue weighted by Gasteiger charge is 2.23. The van der Waals surface area contributed by atoms with Gasteiger partial charge in [0.15, 0.2) is 5.76 Å². The molecule has 22 heavy (non-hydrogen) atoms. The van der Waals surface area contributed by atoms with Gasteiger partial charge in [0.05, 0.1) is 11.0 Å². The summed E-state index contributed by atoms with van der Waals surface area (Å²) in [5.74, 6) is -0.0417. The second-order valence-corrected chi connectivity index (χ2v) is 6.37.